The van der Waals surface area contributed by atoms with E-state index in [0.29, 0.717) is 31.9 Å². The van der Waals surface area contributed by atoms with Crippen molar-refractivity contribution >= 4 is 23.4 Å². The smallest absolute Gasteiger partial charge is 0.239 e. The van der Waals surface area contributed by atoms with Crippen LogP contribution in [0.25, 0.3) is 0 Å². The zero-order chi connectivity index (χ0) is 20.2. The van der Waals surface area contributed by atoms with Crippen molar-refractivity contribution in [2.75, 3.05) is 31.5 Å². The van der Waals surface area contributed by atoms with Crippen LogP contribution < -0.4 is 10.1 Å². The molecule has 0 radical (unpaired) electrons. The number of carbonyl (C=O) groups excluding carboxylic acids is 3. The minimum absolute atomic E-state index is 0.00370. The molecule has 0 saturated carbocycles. The van der Waals surface area contributed by atoms with Crippen molar-refractivity contribution in [2.45, 2.75) is 40.7 Å². The first-order chi connectivity index (χ1) is 12.6. The lowest BCUT2D eigenvalue weighted by Gasteiger charge is -2.37. The first-order valence-electron chi connectivity index (χ1n) is 9.24. The third-order valence-electron chi connectivity index (χ3n) is 4.60. The van der Waals surface area contributed by atoms with Crippen molar-refractivity contribution in [3.05, 3.63) is 24.3 Å². The summed E-state index contributed by atoms with van der Waals surface area (Å²) in [6.45, 7) is 10.5. The molecule has 7 nitrogen and oxygen atoms in total. The summed E-state index contributed by atoms with van der Waals surface area (Å²) in [5, 5.41) is 2.80. The minimum atomic E-state index is -1.20. The van der Waals surface area contributed by atoms with Crippen LogP contribution in [0.2, 0.25) is 0 Å². The van der Waals surface area contributed by atoms with E-state index >= 15 is 0 Å². The molecule has 1 fully saturated rings. The van der Waals surface area contributed by atoms with Crippen LogP contribution in [0, 0.1) is 5.41 Å². The number of piperazine rings is 1. The first-order valence-corrected chi connectivity index (χ1v) is 9.24. The fraction of sp³-hybridized carbons (Fsp3) is 0.550. The lowest BCUT2D eigenvalue weighted by molar-refractivity contribution is -0.149. The van der Waals surface area contributed by atoms with Crippen molar-refractivity contribution in [1.82, 2.24) is 9.80 Å². The van der Waals surface area contributed by atoms with Gasteiger partial charge < -0.3 is 19.9 Å². The number of ether oxygens (including phenoxy) is 1. The third-order valence-corrected chi connectivity index (χ3v) is 4.60. The Morgan fingerprint density at radius 1 is 1.00 bits per heavy atom. The lowest BCUT2D eigenvalue weighted by Crippen LogP contribution is -2.55. The van der Waals surface area contributed by atoms with Crippen molar-refractivity contribution in [3.8, 4) is 5.75 Å². The monoisotopic (exact) mass is 375 g/mol. The number of hydrogen-bond acceptors (Lipinski definition) is 4. The van der Waals surface area contributed by atoms with Crippen LogP contribution in [-0.4, -0.2) is 59.8 Å². The molecule has 1 aromatic rings. The molecule has 2 rings (SSSR count). The van der Waals surface area contributed by atoms with Crippen LogP contribution in [0.5, 0.6) is 5.75 Å². The molecule has 0 bridgehead atoms. The SMILES string of the molecule is CC(=O)N1CCN(C(=O)C(C)(C)C(=O)Nc2ccc(OC(C)C)cc2)CC1. The molecule has 0 aliphatic carbocycles. The summed E-state index contributed by atoms with van der Waals surface area (Å²) in [6, 6.07) is 7.07. The van der Waals surface area contributed by atoms with Gasteiger partial charge in [-0.2, -0.15) is 0 Å². The summed E-state index contributed by atoms with van der Waals surface area (Å²) < 4.78 is 5.58. The highest BCUT2D eigenvalue weighted by Crippen LogP contribution is 2.24. The van der Waals surface area contributed by atoms with E-state index < -0.39 is 5.41 Å². The Morgan fingerprint density at radius 2 is 1.52 bits per heavy atom. The molecule has 0 unspecified atom stereocenters. The quantitative estimate of drug-likeness (QED) is 0.800. The first kappa shape index (κ1) is 20.7. The van der Waals surface area contributed by atoms with E-state index in [-0.39, 0.29) is 23.8 Å². The molecule has 3 amide bonds. The second-order valence-electron chi connectivity index (χ2n) is 7.57. The number of carbonyl (C=O) groups is 3. The van der Waals surface area contributed by atoms with Gasteiger partial charge in [0.2, 0.25) is 17.7 Å². The number of benzene rings is 1. The number of nitrogens with zero attached hydrogens (tertiary/aromatic N) is 2. The van der Waals surface area contributed by atoms with Crippen molar-refractivity contribution in [1.29, 1.82) is 0 Å². The van der Waals surface area contributed by atoms with E-state index in [1.807, 2.05) is 13.8 Å². The van der Waals surface area contributed by atoms with Gasteiger partial charge in [0.05, 0.1) is 6.10 Å². The van der Waals surface area contributed by atoms with Gasteiger partial charge in [-0.3, -0.25) is 14.4 Å². The average molecular weight is 375 g/mol. The number of anilines is 1. The number of hydrogen-bond donors (Lipinski definition) is 1. The Morgan fingerprint density at radius 3 is 2.00 bits per heavy atom. The molecular weight excluding hydrogens is 346 g/mol. The Hall–Kier alpha value is -2.57. The van der Waals surface area contributed by atoms with Gasteiger partial charge in [0.1, 0.15) is 11.2 Å². The molecule has 1 N–H and O–H groups in total. The van der Waals surface area contributed by atoms with Gasteiger partial charge in [0.15, 0.2) is 0 Å². The maximum absolute atomic E-state index is 12.8. The Kier molecular flexibility index (Phi) is 6.46. The summed E-state index contributed by atoms with van der Waals surface area (Å²) >= 11 is 0. The number of nitrogens with one attached hydrogen (secondary N) is 1. The molecular formula is C20H29N3O4. The summed E-state index contributed by atoms with van der Waals surface area (Å²) in [5.74, 6) is 0.132. The van der Waals surface area contributed by atoms with Gasteiger partial charge in [-0.1, -0.05) is 0 Å². The Balaban J connectivity index is 1.97. The van der Waals surface area contributed by atoms with E-state index in [4.69, 9.17) is 4.74 Å². The highest BCUT2D eigenvalue weighted by molar-refractivity contribution is 6.09. The highest BCUT2D eigenvalue weighted by Gasteiger charge is 2.40. The molecule has 1 aromatic carbocycles. The third kappa shape index (κ3) is 5.21. The molecule has 1 aliphatic rings. The normalized spacial score (nSPS) is 14.9. The zero-order valence-corrected chi connectivity index (χ0v) is 16.7. The highest BCUT2D eigenvalue weighted by atomic mass is 16.5. The molecule has 27 heavy (non-hydrogen) atoms. The Labute approximate surface area is 160 Å². The predicted octanol–water partition coefficient (Wildman–Crippen LogP) is 2.13. The zero-order valence-electron chi connectivity index (χ0n) is 16.7. The molecule has 1 aliphatic heterocycles. The number of amides is 3. The predicted molar refractivity (Wildman–Crippen MR) is 103 cm³/mol. The van der Waals surface area contributed by atoms with E-state index in [9.17, 15) is 14.4 Å². The van der Waals surface area contributed by atoms with Gasteiger partial charge >= 0.3 is 0 Å². The van der Waals surface area contributed by atoms with Crippen molar-refractivity contribution in [3.63, 3.8) is 0 Å². The molecule has 7 heteroatoms. The van der Waals surface area contributed by atoms with Gasteiger partial charge in [0.25, 0.3) is 0 Å². The molecule has 0 aromatic heterocycles. The van der Waals surface area contributed by atoms with E-state index in [2.05, 4.69) is 5.32 Å². The van der Waals surface area contributed by atoms with E-state index in [1.54, 1.807) is 47.9 Å². The molecule has 148 valence electrons. The molecule has 0 atom stereocenters. The van der Waals surface area contributed by atoms with Crippen molar-refractivity contribution < 1.29 is 19.1 Å². The van der Waals surface area contributed by atoms with E-state index in [1.165, 1.54) is 6.92 Å². The van der Waals surface area contributed by atoms with Gasteiger partial charge in [-0.05, 0) is 52.0 Å². The second kappa shape index (κ2) is 8.41. The van der Waals surface area contributed by atoms with Crippen LogP contribution in [0.1, 0.15) is 34.6 Å². The number of rotatable bonds is 5. The van der Waals surface area contributed by atoms with Gasteiger partial charge in [-0.25, -0.2) is 0 Å². The van der Waals surface area contributed by atoms with Crippen LogP contribution >= 0.6 is 0 Å². The largest absolute Gasteiger partial charge is 0.491 e. The summed E-state index contributed by atoms with van der Waals surface area (Å²) in [6.07, 6.45) is 0.0745. The maximum Gasteiger partial charge on any atom is 0.239 e. The van der Waals surface area contributed by atoms with Gasteiger partial charge in [-0.15, -0.1) is 0 Å². The second-order valence-corrected chi connectivity index (χ2v) is 7.57. The topological polar surface area (TPSA) is 79.0 Å². The fourth-order valence-corrected chi connectivity index (χ4v) is 2.89. The lowest BCUT2D eigenvalue weighted by atomic mass is 9.89. The van der Waals surface area contributed by atoms with Crippen LogP contribution in [0.3, 0.4) is 0 Å². The molecule has 1 saturated heterocycles. The van der Waals surface area contributed by atoms with E-state index in [0.717, 1.165) is 5.75 Å². The van der Waals surface area contributed by atoms with Crippen molar-refractivity contribution in [2.24, 2.45) is 5.41 Å². The molecule has 1 heterocycles. The minimum Gasteiger partial charge on any atom is -0.491 e. The maximum atomic E-state index is 12.8. The fourth-order valence-electron chi connectivity index (χ4n) is 2.89. The average Bonchev–Trinajstić information content (AvgIpc) is 2.62. The summed E-state index contributed by atoms with van der Waals surface area (Å²) in [7, 11) is 0. The summed E-state index contributed by atoms with van der Waals surface area (Å²) in [5.41, 5.74) is -0.593. The Bertz CT molecular complexity index is 690. The molecule has 0 spiro atoms. The van der Waals surface area contributed by atoms with Crippen LogP contribution in [0.4, 0.5) is 5.69 Å². The van der Waals surface area contributed by atoms with Crippen LogP contribution in [0.15, 0.2) is 24.3 Å². The standard InChI is InChI=1S/C20H29N3O4/c1-14(2)27-17-8-6-16(7-9-17)21-18(25)20(4,5)19(26)23-12-10-22(11-13-23)15(3)24/h6-9,14H,10-13H2,1-5H3,(H,21,25). The summed E-state index contributed by atoms with van der Waals surface area (Å²) in [4.78, 5) is 40.3. The van der Waals surface area contributed by atoms with Gasteiger partial charge in [0, 0.05) is 38.8 Å². The van der Waals surface area contributed by atoms with Crippen LogP contribution in [-0.2, 0) is 14.4 Å².